The van der Waals surface area contributed by atoms with Gasteiger partial charge in [-0.3, -0.25) is 14.5 Å². The quantitative estimate of drug-likeness (QED) is 0.0696. The number of aliphatic hydroxyl groups excluding tert-OH is 1. The Morgan fingerprint density at radius 1 is 1.02 bits per heavy atom. The van der Waals surface area contributed by atoms with Crippen LogP contribution >= 0.6 is 57.9 Å². The van der Waals surface area contributed by atoms with Gasteiger partial charge in [0.1, 0.15) is 11.5 Å². The highest BCUT2D eigenvalue weighted by Crippen LogP contribution is 2.44. The van der Waals surface area contributed by atoms with Gasteiger partial charge in [-0.05, 0) is 66.6 Å². The molecule has 1 aliphatic heterocycles. The van der Waals surface area contributed by atoms with Crippen LogP contribution < -0.4 is 9.64 Å². The molecule has 1 N–H and O–H groups in total. The molecule has 1 atom stereocenters. The normalized spacial score (nSPS) is 16.5. The fraction of sp³-hybridized carbons (Fsp3) is 0.143. The predicted octanol–water partition coefficient (Wildman–Crippen LogP) is 7.82. The van der Waals surface area contributed by atoms with Crippen molar-refractivity contribution in [3.05, 3.63) is 104 Å². The van der Waals surface area contributed by atoms with Crippen LogP contribution in [0.2, 0.25) is 15.1 Å². The van der Waals surface area contributed by atoms with Crippen LogP contribution in [0.15, 0.2) is 76.6 Å². The highest BCUT2D eigenvalue weighted by molar-refractivity contribution is 8.00. The summed E-state index contributed by atoms with van der Waals surface area (Å²) in [5.74, 6) is -0.918. The minimum Gasteiger partial charge on any atom is -0.507 e. The number of amides is 1. The van der Waals surface area contributed by atoms with Crippen LogP contribution in [-0.4, -0.2) is 33.6 Å². The first-order valence-electron chi connectivity index (χ1n) is 12.0. The molecule has 0 saturated carbocycles. The van der Waals surface area contributed by atoms with Crippen molar-refractivity contribution in [1.29, 1.82) is 0 Å². The average Bonchev–Trinajstić information content (AvgIpc) is 3.50. The molecule has 204 valence electrons. The third-order valence-corrected chi connectivity index (χ3v) is 8.96. The first-order chi connectivity index (χ1) is 19.3. The Labute approximate surface area is 253 Å². The number of anilines is 1. The monoisotopic (exact) mass is 631 g/mol. The number of aromatic nitrogens is 2. The fourth-order valence-corrected chi connectivity index (χ4v) is 6.74. The van der Waals surface area contributed by atoms with Crippen molar-refractivity contribution in [2.75, 3.05) is 11.5 Å². The van der Waals surface area contributed by atoms with E-state index in [1.54, 1.807) is 60.7 Å². The largest absolute Gasteiger partial charge is 0.507 e. The van der Waals surface area contributed by atoms with Gasteiger partial charge >= 0.3 is 5.91 Å². The van der Waals surface area contributed by atoms with E-state index in [0.29, 0.717) is 48.6 Å². The highest BCUT2D eigenvalue weighted by Gasteiger charge is 2.48. The number of hydrogen-bond acceptors (Lipinski definition) is 8. The number of benzene rings is 3. The van der Waals surface area contributed by atoms with Crippen molar-refractivity contribution in [1.82, 2.24) is 10.2 Å². The molecule has 0 aliphatic carbocycles. The van der Waals surface area contributed by atoms with Crippen LogP contribution in [0.4, 0.5) is 5.13 Å². The van der Waals surface area contributed by atoms with E-state index >= 15 is 0 Å². The van der Waals surface area contributed by atoms with Gasteiger partial charge in [0, 0.05) is 26.4 Å². The SMILES string of the molecule is CCOc1cccc(C2/C(=C(\O)c3ccc(Cl)cc3)C(=O)C(=O)N2c2nnc(SCc3ccc(Cl)cc3Cl)s2)c1. The summed E-state index contributed by atoms with van der Waals surface area (Å²) in [7, 11) is 0. The van der Waals surface area contributed by atoms with Gasteiger partial charge in [0.05, 0.1) is 18.2 Å². The molecule has 1 aromatic heterocycles. The van der Waals surface area contributed by atoms with Crippen molar-refractivity contribution < 1.29 is 19.4 Å². The Kier molecular flexibility index (Phi) is 8.68. The predicted molar refractivity (Wildman–Crippen MR) is 160 cm³/mol. The average molecular weight is 633 g/mol. The van der Waals surface area contributed by atoms with Gasteiger partial charge in [-0.25, -0.2) is 0 Å². The minimum atomic E-state index is -0.965. The maximum Gasteiger partial charge on any atom is 0.301 e. The summed E-state index contributed by atoms with van der Waals surface area (Å²) in [5, 5.41) is 21.5. The summed E-state index contributed by atoms with van der Waals surface area (Å²) in [6, 6.07) is 17.7. The van der Waals surface area contributed by atoms with Gasteiger partial charge in [0.25, 0.3) is 5.78 Å². The summed E-state index contributed by atoms with van der Waals surface area (Å²) in [6.07, 6.45) is 0. The van der Waals surface area contributed by atoms with Crippen molar-refractivity contribution >= 4 is 80.5 Å². The Morgan fingerprint density at radius 2 is 1.77 bits per heavy atom. The summed E-state index contributed by atoms with van der Waals surface area (Å²) in [4.78, 5) is 28.1. The first-order valence-corrected chi connectivity index (χ1v) is 14.9. The van der Waals surface area contributed by atoms with E-state index < -0.39 is 17.7 Å². The molecule has 5 rings (SSSR count). The molecule has 1 amide bonds. The van der Waals surface area contributed by atoms with Crippen LogP contribution in [0.5, 0.6) is 5.75 Å². The molecule has 1 fully saturated rings. The van der Waals surface area contributed by atoms with Crippen LogP contribution in [0.3, 0.4) is 0 Å². The number of thioether (sulfide) groups is 1. The smallest absolute Gasteiger partial charge is 0.301 e. The van der Waals surface area contributed by atoms with E-state index in [1.807, 2.05) is 13.0 Å². The second-order valence-corrected chi connectivity index (χ2v) is 12.0. The molecule has 0 spiro atoms. The summed E-state index contributed by atoms with van der Waals surface area (Å²) < 4.78 is 6.23. The zero-order valence-corrected chi connectivity index (χ0v) is 24.7. The number of aliphatic hydroxyl groups is 1. The fourth-order valence-electron chi connectivity index (χ4n) is 4.19. The van der Waals surface area contributed by atoms with Crippen LogP contribution in [0.1, 0.15) is 29.7 Å². The van der Waals surface area contributed by atoms with Gasteiger partial charge in [0.15, 0.2) is 4.34 Å². The van der Waals surface area contributed by atoms with Gasteiger partial charge in [-0.15, -0.1) is 10.2 Å². The molecule has 0 bridgehead atoms. The van der Waals surface area contributed by atoms with Crippen molar-refractivity contribution in [2.24, 2.45) is 0 Å². The number of hydrogen-bond donors (Lipinski definition) is 1. The third kappa shape index (κ3) is 5.84. The highest BCUT2D eigenvalue weighted by atomic mass is 35.5. The van der Waals surface area contributed by atoms with Crippen molar-refractivity contribution in [3.8, 4) is 5.75 Å². The Morgan fingerprint density at radius 3 is 2.50 bits per heavy atom. The van der Waals surface area contributed by atoms with E-state index in [0.717, 1.165) is 16.9 Å². The number of carbonyl (C=O) groups is 2. The van der Waals surface area contributed by atoms with E-state index in [4.69, 9.17) is 39.5 Å². The van der Waals surface area contributed by atoms with Gasteiger partial charge in [-0.1, -0.05) is 76.1 Å². The van der Waals surface area contributed by atoms with E-state index in [2.05, 4.69) is 10.2 Å². The molecule has 1 unspecified atom stereocenters. The number of nitrogens with zero attached hydrogens (tertiary/aromatic N) is 3. The molecule has 1 aliphatic rings. The molecule has 3 aromatic carbocycles. The van der Waals surface area contributed by atoms with Gasteiger partial charge < -0.3 is 9.84 Å². The molecular formula is C28H20Cl3N3O4S2. The maximum atomic E-state index is 13.4. The molecule has 7 nitrogen and oxygen atoms in total. The molecule has 2 heterocycles. The third-order valence-electron chi connectivity index (χ3n) is 6.02. The molecule has 1 saturated heterocycles. The van der Waals surface area contributed by atoms with Crippen LogP contribution in [-0.2, 0) is 15.3 Å². The lowest BCUT2D eigenvalue weighted by Crippen LogP contribution is -2.29. The first kappa shape index (κ1) is 28.4. The lowest BCUT2D eigenvalue weighted by molar-refractivity contribution is -0.132. The van der Waals surface area contributed by atoms with E-state index in [-0.39, 0.29) is 16.5 Å². The van der Waals surface area contributed by atoms with Crippen LogP contribution in [0, 0.1) is 0 Å². The number of Topliss-reactive ketones (excluding diaryl/α,β-unsaturated/α-hetero) is 1. The van der Waals surface area contributed by atoms with E-state index in [1.165, 1.54) is 16.7 Å². The Balaban J connectivity index is 1.54. The Bertz CT molecular complexity index is 1630. The summed E-state index contributed by atoms with van der Waals surface area (Å²) in [5.41, 5.74) is 1.71. The van der Waals surface area contributed by atoms with Crippen molar-refractivity contribution in [3.63, 3.8) is 0 Å². The van der Waals surface area contributed by atoms with Gasteiger partial charge in [-0.2, -0.15) is 0 Å². The Hall–Kier alpha value is -3.08. The second kappa shape index (κ2) is 12.2. The second-order valence-electron chi connectivity index (χ2n) is 8.56. The van der Waals surface area contributed by atoms with Crippen molar-refractivity contribution in [2.45, 2.75) is 23.1 Å². The molecule has 40 heavy (non-hydrogen) atoms. The lowest BCUT2D eigenvalue weighted by Gasteiger charge is -2.23. The number of ether oxygens (including phenoxy) is 1. The summed E-state index contributed by atoms with van der Waals surface area (Å²) >= 11 is 20.9. The maximum absolute atomic E-state index is 13.4. The molecule has 0 radical (unpaired) electrons. The number of carbonyl (C=O) groups excluding carboxylic acids is 2. The molecule has 12 heteroatoms. The van der Waals surface area contributed by atoms with E-state index in [9.17, 15) is 14.7 Å². The standard InChI is InChI=1S/C28H20Cl3N3O4S2/c1-2-38-20-5-3-4-16(12-20)23-22(24(35)15-6-9-18(29)10-7-15)25(36)26(37)34(23)27-32-33-28(40-27)39-14-17-8-11-19(30)13-21(17)31/h3-13,23,35H,2,14H2,1H3/b24-22+. The zero-order chi connectivity index (χ0) is 28.4. The number of ketones is 1. The summed E-state index contributed by atoms with van der Waals surface area (Å²) in [6.45, 7) is 2.29. The molecule has 4 aromatic rings. The minimum absolute atomic E-state index is 0.0710. The topological polar surface area (TPSA) is 92.6 Å². The van der Waals surface area contributed by atoms with Crippen LogP contribution in [0.25, 0.3) is 5.76 Å². The van der Waals surface area contributed by atoms with Gasteiger partial charge in [0.2, 0.25) is 5.13 Å². The number of halogens is 3. The molecular weight excluding hydrogens is 613 g/mol. The lowest BCUT2D eigenvalue weighted by atomic mass is 9.95. The number of rotatable bonds is 8. The zero-order valence-electron chi connectivity index (χ0n) is 20.8.